The van der Waals surface area contributed by atoms with Crippen LogP contribution in [0, 0.1) is 11.3 Å². The molecule has 4 heteroatoms. The number of nitrogens with zero attached hydrogens (tertiary/aromatic N) is 3. The molecule has 1 heterocycles. The molecular weight excluding hydrogens is 188 g/mol. The topological polar surface area (TPSA) is 61.6 Å². The number of rotatable bonds is 2. The van der Waals surface area contributed by atoms with E-state index in [1.165, 1.54) is 0 Å². The fourth-order valence-electron chi connectivity index (χ4n) is 1.16. The van der Waals surface area contributed by atoms with E-state index < -0.39 is 0 Å². The predicted molar refractivity (Wildman–Crippen MR) is 56.5 cm³/mol. The van der Waals surface area contributed by atoms with Gasteiger partial charge < -0.3 is 5.32 Å². The summed E-state index contributed by atoms with van der Waals surface area (Å²) in [6, 6.07) is 11.1. The molecule has 0 radical (unpaired) electrons. The lowest BCUT2D eigenvalue weighted by molar-refractivity contribution is 1.03. The van der Waals surface area contributed by atoms with Gasteiger partial charge in [-0.2, -0.15) is 15.5 Å². The molecule has 0 saturated heterocycles. The molecule has 0 fully saturated rings. The first kappa shape index (κ1) is 9.16. The second-order valence-corrected chi connectivity index (χ2v) is 2.95. The summed E-state index contributed by atoms with van der Waals surface area (Å²) < 4.78 is 0. The number of hydrogen-bond acceptors (Lipinski definition) is 4. The van der Waals surface area contributed by atoms with E-state index in [2.05, 4.69) is 21.6 Å². The van der Waals surface area contributed by atoms with E-state index in [1.54, 1.807) is 24.5 Å². The van der Waals surface area contributed by atoms with Gasteiger partial charge in [-0.25, -0.2) is 0 Å². The first-order valence-electron chi connectivity index (χ1n) is 4.42. The molecule has 1 N–H and O–H groups in total. The van der Waals surface area contributed by atoms with Crippen molar-refractivity contribution in [2.24, 2.45) is 0 Å². The molecule has 0 aliphatic heterocycles. The zero-order valence-corrected chi connectivity index (χ0v) is 7.88. The quantitative estimate of drug-likeness (QED) is 0.798. The van der Waals surface area contributed by atoms with Crippen LogP contribution in [0.15, 0.2) is 42.7 Å². The van der Waals surface area contributed by atoms with Crippen molar-refractivity contribution in [2.45, 2.75) is 0 Å². The maximum atomic E-state index is 8.63. The van der Waals surface area contributed by atoms with Crippen LogP contribution in [-0.4, -0.2) is 10.2 Å². The van der Waals surface area contributed by atoms with Crippen molar-refractivity contribution in [1.82, 2.24) is 10.2 Å². The van der Waals surface area contributed by atoms with Crippen molar-refractivity contribution in [3.8, 4) is 6.07 Å². The Bertz CT molecular complexity index is 470. The number of anilines is 2. The highest BCUT2D eigenvalue weighted by molar-refractivity contribution is 5.58. The molecule has 0 saturated carbocycles. The van der Waals surface area contributed by atoms with Gasteiger partial charge >= 0.3 is 0 Å². The number of hydrogen-bond donors (Lipinski definition) is 1. The van der Waals surface area contributed by atoms with Crippen molar-refractivity contribution >= 4 is 11.4 Å². The molecule has 0 bridgehead atoms. The maximum Gasteiger partial charge on any atom is 0.0991 e. The molecule has 15 heavy (non-hydrogen) atoms. The van der Waals surface area contributed by atoms with E-state index in [4.69, 9.17) is 5.26 Å². The van der Waals surface area contributed by atoms with Crippen LogP contribution >= 0.6 is 0 Å². The van der Waals surface area contributed by atoms with Crippen LogP contribution in [0.4, 0.5) is 11.4 Å². The minimum absolute atomic E-state index is 0.647. The summed E-state index contributed by atoms with van der Waals surface area (Å²) in [4.78, 5) is 0. The Kier molecular flexibility index (Phi) is 2.56. The van der Waals surface area contributed by atoms with Gasteiger partial charge in [0.1, 0.15) is 0 Å². The lowest BCUT2D eigenvalue weighted by atomic mass is 10.2. The van der Waals surface area contributed by atoms with Crippen LogP contribution in [0.5, 0.6) is 0 Å². The third kappa shape index (κ3) is 2.29. The van der Waals surface area contributed by atoms with Crippen LogP contribution in [0.2, 0.25) is 0 Å². The molecular formula is C11H8N4. The summed E-state index contributed by atoms with van der Waals surface area (Å²) in [5.74, 6) is 0. The normalized spacial score (nSPS) is 9.27. The first-order chi connectivity index (χ1) is 7.38. The summed E-state index contributed by atoms with van der Waals surface area (Å²) in [5, 5.41) is 19.2. The van der Waals surface area contributed by atoms with E-state index >= 15 is 0 Å². The van der Waals surface area contributed by atoms with Gasteiger partial charge in [-0.15, -0.1) is 0 Å². The third-order valence-corrected chi connectivity index (χ3v) is 1.89. The van der Waals surface area contributed by atoms with Gasteiger partial charge in [-0.05, 0) is 30.3 Å². The lowest BCUT2D eigenvalue weighted by Crippen LogP contribution is -1.91. The second kappa shape index (κ2) is 4.20. The van der Waals surface area contributed by atoms with E-state index in [-0.39, 0.29) is 0 Å². The number of benzene rings is 1. The monoisotopic (exact) mass is 196 g/mol. The van der Waals surface area contributed by atoms with E-state index in [0.717, 1.165) is 11.4 Å². The Balaban J connectivity index is 2.16. The molecule has 0 spiro atoms. The van der Waals surface area contributed by atoms with Crippen molar-refractivity contribution in [1.29, 1.82) is 5.26 Å². The average molecular weight is 196 g/mol. The summed E-state index contributed by atoms with van der Waals surface area (Å²) >= 11 is 0. The van der Waals surface area contributed by atoms with Crippen LogP contribution in [-0.2, 0) is 0 Å². The van der Waals surface area contributed by atoms with Crippen LogP contribution in [0.1, 0.15) is 5.56 Å². The first-order valence-corrected chi connectivity index (χ1v) is 4.42. The Morgan fingerprint density at radius 1 is 1.00 bits per heavy atom. The van der Waals surface area contributed by atoms with Gasteiger partial charge in [-0.3, -0.25) is 0 Å². The third-order valence-electron chi connectivity index (χ3n) is 1.89. The Morgan fingerprint density at radius 2 is 1.80 bits per heavy atom. The molecule has 2 rings (SSSR count). The summed E-state index contributed by atoms with van der Waals surface area (Å²) in [5.41, 5.74) is 2.44. The molecule has 2 aromatic rings. The minimum Gasteiger partial charge on any atom is -0.354 e. The largest absolute Gasteiger partial charge is 0.354 e. The van der Waals surface area contributed by atoms with Crippen LogP contribution < -0.4 is 5.32 Å². The van der Waals surface area contributed by atoms with Crippen LogP contribution in [0.25, 0.3) is 0 Å². The Hall–Kier alpha value is -2.41. The standard InChI is InChI=1S/C11H8N4/c12-7-9-1-3-10(4-2-9)15-11-5-6-13-14-8-11/h1-6,8H,(H,13,15). The Morgan fingerprint density at radius 3 is 2.40 bits per heavy atom. The highest BCUT2D eigenvalue weighted by atomic mass is 15.1. The molecule has 72 valence electrons. The zero-order chi connectivity index (χ0) is 10.5. The van der Waals surface area contributed by atoms with Crippen molar-refractivity contribution in [2.75, 3.05) is 5.32 Å². The molecule has 0 unspecified atom stereocenters. The minimum atomic E-state index is 0.647. The molecule has 1 aromatic carbocycles. The van der Waals surface area contributed by atoms with E-state index in [1.807, 2.05) is 18.2 Å². The molecule has 0 amide bonds. The molecule has 1 aromatic heterocycles. The van der Waals surface area contributed by atoms with Crippen molar-refractivity contribution in [3.63, 3.8) is 0 Å². The average Bonchev–Trinajstić information content (AvgIpc) is 2.31. The fraction of sp³-hybridized carbons (Fsp3) is 0. The SMILES string of the molecule is N#Cc1ccc(Nc2ccnnc2)cc1. The summed E-state index contributed by atoms with van der Waals surface area (Å²) in [6.07, 6.45) is 3.25. The van der Waals surface area contributed by atoms with Crippen molar-refractivity contribution in [3.05, 3.63) is 48.3 Å². The van der Waals surface area contributed by atoms with Gasteiger partial charge in [0.2, 0.25) is 0 Å². The maximum absolute atomic E-state index is 8.63. The second-order valence-electron chi connectivity index (χ2n) is 2.95. The number of nitriles is 1. The van der Waals surface area contributed by atoms with Gasteiger partial charge in [0.15, 0.2) is 0 Å². The van der Waals surface area contributed by atoms with Gasteiger partial charge in [0.25, 0.3) is 0 Å². The molecule has 4 nitrogen and oxygen atoms in total. The number of aromatic nitrogens is 2. The van der Waals surface area contributed by atoms with Gasteiger partial charge in [0.05, 0.1) is 29.7 Å². The van der Waals surface area contributed by atoms with Crippen molar-refractivity contribution < 1.29 is 0 Å². The molecule has 0 aliphatic carbocycles. The van der Waals surface area contributed by atoms with Gasteiger partial charge in [-0.1, -0.05) is 0 Å². The van der Waals surface area contributed by atoms with E-state index in [0.29, 0.717) is 5.56 Å². The lowest BCUT2D eigenvalue weighted by Gasteiger charge is -2.04. The summed E-state index contributed by atoms with van der Waals surface area (Å²) in [7, 11) is 0. The highest BCUT2D eigenvalue weighted by Crippen LogP contribution is 2.14. The van der Waals surface area contributed by atoms with Crippen LogP contribution in [0.3, 0.4) is 0 Å². The highest BCUT2D eigenvalue weighted by Gasteiger charge is 1.94. The fourth-order valence-corrected chi connectivity index (χ4v) is 1.16. The predicted octanol–water partition coefficient (Wildman–Crippen LogP) is 2.09. The summed E-state index contributed by atoms with van der Waals surface area (Å²) in [6.45, 7) is 0. The molecule has 0 aliphatic rings. The van der Waals surface area contributed by atoms with Gasteiger partial charge in [0, 0.05) is 5.69 Å². The smallest absolute Gasteiger partial charge is 0.0991 e. The van der Waals surface area contributed by atoms with E-state index in [9.17, 15) is 0 Å². The number of nitrogens with one attached hydrogen (secondary N) is 1. The zero-order valence-electron chi connectivity index (χ0n) is 7.88. The molecule has 0 atom stereocenters. The Labute approximate surface area is 87.2 Å².